The van der Waals surface area contributed by atoms with Gasteiger partial charge in [-0.05, 0) is 79.7 Å². The first-order chi connectivity index (χ1) is 21.0. The van der Waals surface area contributed by atoms with Crippen molar-refractivity contribution in [2.75, 3.05) is 32.8 Å². The second-order valence-corrected chi connectivity index (χ2v) is 14.6. The van der Waals surface area contributed by atoms with Crippen molar-refractivity contribution in [2.24, 2.45) is 28.6 Å². The molecule has 2 saturated heterocycles. The predicted molar refractivity (Wildman–Crippen MR) is 158 cm³/mol. The van der Waals surface area contributed by atoms with E-state index in [9.17, 15) is 19.2 Å². The van der Waals surface area contributed by atoms with E-state index in [1.54, 1.807) is 6.26 Å². The third-order valence-electron chi connectivity index (χ3n) is 12.6. The molecule has 1 aromatic heterocycles. The highest BCUT2D eigenvalue weighted by atomic mass is 16.7. The van der Waals surface area contributed by atoms with E-state index in [4.69, 9.17) is 18.6 Å². The smallest absolute Gasteiger partial charge is 0.407 e. The molecule has 4 saturated carbocycles. The summed E-state index contributed by atoms with van der Waals surface area (Å²) in [7, 11) is 0. The molecule has 11 nitrogen and oxygen atoms in total. The molecule has 1 spiro atoms. The average Bonchev–Trinajstić information content (AvgIpc) is 3.68. The minimum Gasteiger partial charge on any atom is -0.459 e. The Balaban J connectivity index is 1.02. The molecule has 0 aromatic carbocycles. The highest BCUT2D eigenvalue weighted by Gasteiger charge is 2.84. The van der Waals surface area contributed by atoms with Crippen LogP contribution in [0.5, 0.6) is 0 Å². The first-order valence-electron chi connectivity index (χ1n) is 16.4. The SMILES string of the molecule is CC(=O)O[C@H]1[C@H]2O[C@]23[C@@H]2CC[C@H]4C[C@@H](NC(=O)OCCN5CCNC(=O)C5)CC[C@@]4(C)[C@H]2CC[C@]3(C)[C@H]1c1ccc(=O)oc1. The van der Waals surface area contributed by atoms with Crippen LogP contribution in [0.4, 0.5) is 4.79 Å². The molecule has 7 rings (SSSR count). The second-order valence-electron chi connectivity index (χ2n) is 14.6. The number of rotatable bonds is 6. The van der Waals surface area contributed by atoms with Gasteiger partial charge in [0, 0.05) is 50.0 Å². The Morgan fingerprint density at radius 1 is 1.11 bits per heavy atom. The van der Waals surface area contributed by atoms with E-state index in [0.29, 0.717) is 37.4 Å². The summed E-state index contributed by atoms with van der Waals surface area (Å²) in [5.74, 6) is 0.934. The van der Waals surface area contributed by atoms with E-state index < -0.39 is 11.7 Å². The van der Waals surface area contributed by atoms with Crippen molar-refractivity contribution < 1.29 is 33.0 Å². The first kappa shape index (κ1) is 29.8. The van der Waals surface area contributed by atoms with Gasteiger partial charge >= 0.3 is 17.7 Å². The molecule has 0 radical (unpaired) electrons. The van der Waals surface area contributed by atoms with Crippen molar-refractivity contribution in [1.82, 2.24) is 15.5 Å². The maximum atomic E-state index is 12.7. The molecule has 6 fully saturated rings. The van der Waals surface area contributed by atoms with Gasteiger partial charge in [-0.2, -0.15) is 0 Å². The van der Waals surface area contributed by atoms with Crippen LogP contribution in [0, 0.1) is 28.6 Å². The molecule has 2 aliphatic heterocycles. The summed E-state index contributed by atoms with van der Waals surface area (Å²) in [6.45, 7) is 8.76. The maximum absolute atomic E-state index is 12.7. The molecule has 1 aromatic rings. The van der Waals surface area contributed by atoms with E-state index in [0.717, 1.165) is 57.1 Å². The molecule has 0 unspecified atom stereocenters. The highest BCUT2D eigenvalue weighted by molar-refractivity contribution is 5.78. The molecule has 4 aliphatic carbocycles. The molecule has 240 valence electrons. The van der Waals surface area contributed by atoms with Crippen molar-refractivity contribution in [3.63, 3.8) is 0 Å². The van der Waals surface area contributed by atoms with E-state index in [1.165, 1.54) is 13.0 Å². The van der Waals surface area contributed by atoms with Gasteiger partial charge in [0.05, 0.1) is 12.8 Å². The Bertz CT molecular complexity index is 1360. The van der Waals surface area contributed by atoms with Gasteiger partial charge < -0.3 is 29.3 Å². The standard InChI is InChI=1S/C33H45N3O8/c1-19(37)43-28-27(20-4-7-26(39)42-18-20)32(3)11-9-23-24(33(32)29(28)44-33)6-5-21-16-22(8-10-31(21,23)2)35-30(40)41-15-14-36-13-12-34-25(38)17-36/h4,7,18,21-24,27-29H,5-6,8-17H2,1-3H3,(H,34,38)(H,35,40)/t21-,22-,23-,24+,27-,28+,29+,31+,32+,33+/m0/s1. The minimum absolute atomic E-state index is 0.00894. The fourth-order valence-electron chi connectivity index (χ4n) is 10.6. The molecule has 2 amide bonds. The Labute approximate surface area is 257 Å². The number of alkyl carbamates (subject to hydrolysis) is 1. The van der Waals surface area contributed by atoms with Gasteiger partial charge in [0.1, 0.15) is 24.4 Å². The lowest BCUT2D eigenvalue weighted by Crippen LogP contribution is -2.59. The van der Waals surface area contributed by atoms with Crippen LogP contribution in [0.25, 0.3) is 0 Å². The van der Waals surface area contributed by atoms with Crippen molar-refractivity contribution >= 4 is 18.0 Å². The summed E-state index contributed by atoms with van der Waals surface area (Å²) in [5, 5.41) is 5.94. The number of carbonyl (C=O) groups is 3. The Morgan fingerprint density at radius 2 is 1.95 bits per heavy atom. The van der Waals surface area contributed by atoms with Gasteiger partial charge in [0.2, 0.25) is 5.91 Å². The summed E-state index contributed by atoms with van der Waals surface area (Å²) in [6.07, 6.45) is 7.61. The van der Waals surface area contributed by atoms with Crippen LogP contribution in [0.3, 0.4) is 0 Å². The molecule has 3 heterocycles. The molecule has 10 atom stereocenters. The number of piperazine rings is 1. The molecule has 2 N–H and O–H groups in total. The van der Waals surface area contributed by atoms with Gasteiger partial charge in [0.15, 0.2) is 0 Å². The Hall–Kier alpha value is -2.92. The van der Waals surface area contributed by atoms with Gasteiger partial charge in [-0.3, -0.25) is 14.5 Å². The maximum Gasteiger partial charge on any atom is 0.407 e. The van der Waals surface area contributed by atoms with Crippen molar-refractivity contribution in [3.8, 4) is 0 Å². The lowest BCUT2D eigenvalue weighted by atomic mass is 9.44. The fraction of sp³-hybridized carbons (Fsp3) is 0.758. The molecule has 11 heteroatoms. The van der Waals surface area contributed by atoms with E-state index in [2.05, 4.69) is 24.5 Å². The van der Waals surface area contributed by atoms with Crippen LogP contribution >= 0.6 is 0 Å². The van der Waals surface area contributed by atoms with Crippen LogP contribution < -0.4 is 16.3 Å². The summed E-state index contributed by atoms with van der Waals surface area (Å²) >= 11 is 0. The number of epoxide rings is 1. The number of nitrogens with zero attached hydrogens (tertiary/aromatic N) is 1. The largest absolute Gasteiger partial charge is 0.459 e. The molecule has 6 aliphatic rings. The van der Waals surface area contributed by atoms with Crippen molar-refractivity contribution in [3.05, 3.63) is 34.4 Å². The summed E-state index contributed by atoms with van der Waals surface area (Å²) < 4.78 is 23.5. The molecule has 44 heavy (non-hydrogen) atoms. The molecular formula is C33H45N3O8. The number of nitrogens with one attached hydrogen (secondary N) is 2. The minimum atomic E-state index is -0.410. The summed E-state index contributed by atoms with van der Waals surface area (Å²) in [4.78, 5) is 50.3. The van der Waals surface area contributed by atoms with E-state index >= 15 is 0 Å². The number of hydrogen-bond donors (Lipinski definition) is 2. The average molecular weight is 612 g/mol. The zero-order chi connectivity index (χ0) is 30.9. The number of carbonyl (C=O) groups excluding carboxylic acids is 3. The quantitative estimate of drug-likeness (QED) is 0.367. The van der Waals surface area contributed by atoms with Crippen molar-refractivity contribution in [1.29, 1.82) is 0 Å². The zero-order valence-corrected chi connectivity index (χ0v) is 26.0. The van der Waals surface area contributed by atoms with Gasteiger partial charge in [0.25, 0.3) is 0 Å². The number of esters is 1. The second kappa shape index (κ2) is 10.9. The topological polar surface area (TPSA) is 140 Å². The number of amides is 2. The van der Waals surface area contributed by atoms with Crippen LogP contribution in [-0.4, -0.2) is 79.5 Å². The number of hydrogen-bond acceptors (Lipinski definition) is 9. The lowest BCUT2D eigenvalue weighted by Gasteiger charge is -2.61. The number of fused-ring (bicyclic) bond motifs is 3. The van der Waals surface area contributed by atoms with Crippen molar-refractivity contribution in [2.45, 2.75) is 95.5 Å². The highest BCUT2D eigenvalue weighted by Crippen LogP contribution is 2.78. The van der Waals surface area contributed by atoms with Crippen LogP contribution in [0.15, 0.2) is 27.6 Å². The summed E-state index contributed by atoms with van der Waals surface area (Å²) in [5.41, 5.74) is 0.0347. The monoisotopic (exact) mass is 611 g/mol. The normalized spacial score (nSPS) is 42.5. The van der Waals surface area contributed by atoms with Gasteiger partial charge in [-0.25, -0.2) is 9.59 Å². The van der Waals surface area contributed by atoms with E-state index in [1.807, 2.05) is 11.0 Å². The first-order valence-corrected chi connectivity index (χ1v) is 16.4. The summed E-state index contributed by atoms with van der Waals surface area (Å²) in [6, 6.07) is 3.37. The Kier molecular flexibility index (Phi) is 7.35. The lowest BCUT2D eigenvalue weighted by molar-refractivity contribution is -0.156. The van der Waals surface area contributed by atoms with Crippen LogP contribution in [0.1, 0.15) is 77.2 Å². The fourth-order valence-corrected chi connectivity index (χ4v) is 10.6. The van der Waals surface area contributed by atoms with Gasteiger partial charge in [-0.15, -0.1) is 0 Å². The zero-order valence-electron chi connectivity index (χ0n) is 26.0. The van der Waals surface area contributed by atoms with Crippen LogP contribution in [0.2, 0.25) is 0 Å². The third-order valence-corrected chi connectivity index (χ3v) is 12.6. The molecule has 0 bridgehead atoms. The molecular weight excluding hydrogens is 566 g/mol. The Morgan fingerprint density at radius 3 is 2.70 bits per heavy atom. The van der Waals surface area contributed by atoms with Crippen LogP contribution in [-0.2, 0) is 23.8 Å². The predicted octanol–water partition coefficient (Wildman–Crippen LogP) is 2.97. The van der Waals surface area contributed by atoms with Gasteiger partial charge in [-0.1, -0.05) is 13.8 Å². The third kappa shape index (κ3) is 4.68. The number of ether oxygens (including phenoxy) is 3. The van der Waals surface area contributed by atoms with E-state index in [-0.39, 0.29) is 59.1 Å².